The van der Waals surface area contributed by atoms with Crippen LogP contribution in [0.5, 0.6) is 0 Å². The van der Waals surface area contributed by atoms with Crippen molar-refractivity contribution in [3.63, 3.8) is 0 Å². The molecule has 1 rings (SSSR count). The molecule has 0 bridgehead atoms. The minimum atomic E-state index is 0.469. The van der Waals surface area contributed by atoms with Gasteiger partial charge in [-0.15, -0.1) is 6.42 Å². The van der Waals surface area contributed by atoms with Gasteiger partial charge < -0.3 is 10.6 Å². The van der Waals surface area contributed by atoms with E-state index in [-0.39, 0.29) is 0 Å². The third-order valence-corrected chi connectivity index (χ3v) is 2.18. The summed E-state index contributed by atoms with van der Waals surface area (Å²) in [5, 5.41) is 6.61. The van der Waals surface area contributed by atoms with Crippen LogP contribution in [0.4, 0.5) is 0 Å². The first kappa shape index (κ1) is 11.5. The zero-order valence-electron chi connectivity index (χ0n) is 8.49. The maximum Gasteiger partial charge on any atom is 0.167 e. The van der Waals surface area contributed by atoms with Crippen molar-refractivity contribution in [2.24, 2.45) is 0 Å². The fourth-order valence-corrected chi connectivity index (χ4v) is 1.33. The summed E-state index contributed by atoms with van der Waals surface area (Å²) in [5.41, 5.74) is 1.30. The molecule has 0 saturated heterocycles. The maximum atomic E-state index is 5.10. The Labute approximate surface area is 96.1 Å². The molecule has 2 nitrogen and oxygen atoms in total. The number of benzene rings is 1. The second kappa shape index (κ2) is 6.86. The Morgan fingerprint density at radius 1 is 1.27 bits per heavy atom. The highest BCUT2D eigenvalue weighted by Crippen LogP contribution is 1.97. The van der Waals surface area contributed by atoms with E-state index in [4.69, 9.17) is 18.6 Å². The van der Waals surface area contributed by atoms with E-state index in [2.05, 4.69) is 28.7 Å². The largest absolute Gasteiger partial charge is 0.362 e. The van der Waals surface area contributed by atoms with Crippen molar-refractivity contribution in [3.05, 3.63) is 35.9 Å². The second-order valence-electron chi connectivity index (χ2n) is 3.05. The quantitative estimate of drug-likeness (QED) is 0.589. The molecule has 2 N–H and O–H groups in total. The zero-order valence-corrected chi connectivity index (χ0v) is 9.31. The lowest BCUT2D eigenvalue weighted by Crippen LogP contribution is -2.36. The Bertz CT molecular complexity index is 340. The third-order valence-electron chi connectivity index (χ3n) is 1.89. The second-order valence-corrected chi connectivity index (χ2v) is 3.46. The van der Waals surface area contributed by atoms with E-state index in [1.807, 2.05) is 18.2 Å². The average molecular weight is 218 g/mol. The van der Waals surface area contributed by atoms with Crippen LogP contribution in [-0.2, 0) is 6.42 Å². The number of hydrogen-bond acceptors (Lipinski definition) is 1. The van der Waals surface area contributed by atoms with Gasteiger partial charge in [0.05, 0.1) is 6.54 Å². The van der Waals surface area contributed by atoms with E-state index in [1.165, 1.54) is 5.56 Å². The number of rotatable bonds is 4. The Kier molecular flexibility index (Phi) is 5.28. The van der Waals surface area contributed by atoms with Gasteiger partial charge in [-0.25, -0.2) is 0 Å². The Morgan fingerprint density at radius 2 is 2.00 bits per heavy atom. The van der Waals surface area contributed by atoms with Crippen molar-refractivity contribution in [3.8, 4) is 12.3 Å². The fourth-order valence-electron chi connectivity index (χ4n) is 1.16. The fraction of sp³-hybridized carbons (Fsp3) is 0.250. The Hall–Kier alpha value is -1.53. The highest BCUT2D eigenvalue weighted by atomic mass is 32.1. The molecule has 0 radical (unpaired) electrons. The van der Waals surface area contributed by atoms with E-state index in [0.717, 1.165) is 13.0 Å². The molecule has 0 spiro atoms. The van der Waals surface area contributed by atoms with Crippen LogP contribution in [0.3, 0.4) is 0 Å². The van der Waals surface area contributed by atoms with Gasteiger partial charge in [0.25, 0.3) is 0 Å². The van der Waals surface area contributed by atoms with Crippen molar-refractivity contribution in [2.75, 3.05) is 13.1 Å². The van der Waals surface area contributed by atoms with Crippen molar-refractivity contribution in [1.82, 2.24) is 10.6 Å². The minimum absolute atomic E-state index is 0.469. The molecule has 0 aromatic heterocycles. The van der Waals surface area contributed by atoms with Gasteiger partial charge >= 0.3 is 0 Å². The summed E-state index contributed by atoms with van der Waals surface area (Å²) in [5.74, 6) is 2.47. The van der Waals surface area contributed by atoms with Crippen molar-refractivity contribution in [1.29, 1.82) is 0 Å². The lowest BCUT2D eigenvalue weighted by atomic mass is 10.1. The third kappa shape index (κ3) is 5.04. The lowest BCUT2D eigenvalue weighted by molar-refractivity contribution is 0.843. The summed E-state index contributed by atoms with van der Waals surface area (Å²) < 4.78 is 0. The van der Waals surface area contributed by atoms with Crippen LogP contribution in [0.25, 0.3) is 0 Å². The van der Waals surface area contributed by atoms with Gasteiger partial charge in [0.15, 0.2) is 5.11 Å². The smallest absolute Gasteiger partial charge is 0.167 e. The molecule has 1 aromatic carbocycles. The molecule has 0 aliphatic heterocycles. The molecular formula is C12H14N2S. The molecule has 0 amide bonds. The first-order valence-electron chi connectivity index (χ1n) is 4.82. The summed E-state index contributed by atoms with van der Waals surface area (Å²) in [6, 6.07) is 10.3. The van der Waals surface area contributed by atoms with Crippen LogP contribution in [0, 0.1) is 12.3 Å². The van der Waals surface area contributed by atoms with Gasteiger partial charge in [-0.05, 0) is 24.2 Å². The summed E-state index contributed by atoms with van der Waals surface area (Å²) in [6.45, 7) is 1.29. The predicted molar refractivity (Wildman–Crippen MR) is 67.6 cm³/mol. The van der Waals surface area contributed by atoms with Gasteiger partial charge in [0.1, 0.15) is 0 Å². The molecule has 15 heavy (non-hydrogen) atoms. The first-order chi connectivity index (χ1) is 7.33. The number of terminal acetylenes is 1. The number of hydrogen-bond donors (Lipinski definition) is 2. The lowest BCUT2D eigenvalue weighted by Gasteiger charge is -2.07. The summed E-state index contributed by atoms with van der Waals surface area (Å²) in [7, 11) is 0. The molecule has 0 unspecified atom stereocenters. The summed E-state index contributed by atoms with van der Waals surface area (Å²) in [4.78, 5) is 0. The van der Waals surface area contributed by atoms with E-state index < -0.39 is 0 Å². The van der Waals surface area contributed by atoms with E-state index in [9.17, 15) is 0 Å². The standard InChI is InChI=1S/C12H14N2S/c1-2-9-13-12(15)14-10-8-11-6-4-3-5-7-11/h1,3-7H,8-10H2,(H2,13,14,15). The van der Waals surface area contributed by atoms with Crippen LogP contribution in [-0.4, -0.2) is 18.2 Å². The highest BCUT2D eigenvalue weighted by Gasteiger charge is 1.93. The summed E-state index contributed by atoms with van der Waals surface area (Å²) >= 11 is 5.02. The molecule has 3 heteroatoms. The van der Waals surface area contributed by atoms with Gasteiger partial charge in [0, 0.05) is 6.54 Å². The molecule has 1 aromatic rings. The molecule has 0 fully saturated rings. The zero-order chi connectivity index (χ0) is 10.9. The normalized spacial score (nSPS) is 9.00. The average Bonchev–Trinajstić information content (AvgIpc) is 2.28. The van der Waals surface area contributed by atoms with Crippen LogP contribution >= 0.6 is 12.2 Å². The maximum absolute atomic E-state index is 5.10. The minimum Gasteiger partial charge on any atom is -0.362 e. The van der Waals surface area contributed by atoms with Gasteiger partial charge in [0.2, 0.25) is 0 Å². The molecular weight excluding hydrogens is 204 g/mol. The molecule has 0 aliphatic carbocycles. The number of nitrogens with one attached hydrogen (secondary N) is 2. The van der Waals surface area contributed by atoms with Crippen LogP contribution in [0.15, 0.2) is 30.3 Å². The Morgan fingerprint density at radius 3 is 2.67 bits per heavy atom. The van der Waals surface area contributed by atoms with Gasteiger partial charge in [-0.1, -0.05) is 36.3 Å². The highest BCUT2D eigenvalue weighted by molar-refractivity contribution is 7.80. The van der Waals surface area contributed by atoms with E-state index in [0.29, 0.717) is 11.7 Å². The van der Waals surface area contributed by atoms with Crippen LogP contribution in [0.1, 0.15) is 5.56 Å². The van der Waals surface area contributed by atoms with Crippen molar-refractivity contribution in [2.45, 2.75) is 6.42 Å². The molecule has 0 heterocycles. The van der Waals surface area contributed by atoms with Gasteiger partial charge in [-0.3, -0.25) is 0 Å². The number of thiocarbonyl (C=S) groups is 1. The van der Waals surface area contributed by atoms with E-state index in [1.54, 1.807) is 0 Å². The molecule has 0 saturated carbocycles. The van der Waals surface area contributed by atoms with Gasteiger partial charge in [-0.2, -0.15) is 0 Å². The summed E-state index contributed by atoms with van der Waals surface area (Å²) in [6.07, 6.45) is 6.05. The SMILES string of the molecule is C#CCNC(=S)NCCc1ccccc1. The topological polar surface area (TPSA) is 24.1 Å². The predicted octanol–water partition coefficient (Wildman–Crippen LogP) is 1.33. The van der Waals surface area contributed by atoms with Crippen molar-refractivity contribution < 1.29 is 0 Å². The molecule has 0 atom stereocenters. The van der Waals surface area contributed by atoms with Crippen LogP contribution in [0.2, 0.25) is 0 Å². The first-order valence-corrected chi connectivity index (χ1v) is 5.23. The van der Waals surface area contributed by atoms with E-state index >= 15 is 0 Å². The Balaban J connectivity index is 2.17. The molecule has 0 aliphatic rings. The van der Waals surface area contributed by atoms with Crippen LogP contribution < -0.4 is 10.6 Å². The monoisotopic (exact) mass is 218 g/mol. The molecule has 78 valence electrons. The van der Waals surface area contributed by atoms with Crippen molar-refractivity contribution >= 4 is 17.3 Å².